The quantitative estimate of drug-likeness (QED) is 0.735. The highest BCUT2D eigenvalue weighted by Crippen LogP contribution is 2.28. The lowest BCUT2D eigenvalue weighted by atomic mass is 10.0. The third kappa shape index (κ3) is 4.00. The molecule has 0 fully saturated rings. The summed E-state index contributed by atoms with van der Waals surface area (Å²) in [5.41, 5.74) is 3.40. The number of carboxylic acids is 1. The van der Waals surface area contributed by atoms with Gasteiger partial charge in [0.15, 0.2) is 0 Å². The topological polar surface area (TPSA) is 103 Å². The van der Waals surface area contributed by atoms with Crippen molar-refractivity contribution in [3.05, 3.63) is 53.0 Å². The van der Waals surface area contributed by atoms with E-state index in [9.17, 15) is 9.59 Å². The second-order valence-electron chi connectivity index (χ2n) is 5.33. The van der Waals surface area contributed by atoms with E-state index in [1.165, 1.54) is 11.3 Å². The van der Waals surface area contributed by atoms with Gasteiger partial charge in [-0.15, -0.1) is 11.3 Å². The van der Waals surface area contributed by atoms with Crippen molar-refractivity contribution in [1.82, 2.24) is 10.3 Å². The Hall–Kier alpha value is -3.24. The highest BCUT2D eigenvalue weighted by atomic mass is 32.1. The summed E-state index contributed by atoms with van der Waals surface area (Å²) in [5.74, 6) is -1.45. The number of nitrogens with zero attached hydrogens (tertiary/aromatic N) is 2. The molecule has 0 unspecified atom stereocenters. The van der Waals surface area contributed by atoms with Crippen LogP contribution < -0.4 is 5.32 Å². The fourth-order valence-electron chi connectivity index (χ4n) is 2.34. The number of benzene rings is 2. The Balaban J connectivity index is 1.80. The molecule has 2 aromatic carbocycles. The van der Waals surface area contributed by atoms with Gasteiger partial charge in [0.05, 0.1) is 28.3 Å². The first kappa shape index (κ1) is 16.6. The maximum Gasteiger partial charge on any atom is 0.322 e. The second-order valence-corrected chi connectivity index (χ2v) is 6.44. The van der Waals surface area contributed by atoms with Crippen molar-refractivity contribution in [3.8, 4) is 17.2 Å². The molecule has 0 aliphatic rings. The predicted molar refractivity (Wildman–Crippen MR) is 94.1 cm³/mol. The fraction of sp³-hybridized carbons (Fsp3) is 0.111. The summed E-state index contributed by atoms with van der Waals surface area (Å²) in [6.07, 6.45) is 0.0544. The molecule has 0 spiro atoms. The average molecular weight is 351 g/mol. The molecular formula is C18H13N3O3S. The molecule has 124 valence electrons. The molecule has 25 heavy (non-hydrogen) atoms. The van der Waals surface area contributed by atoms with E-state index < -0.39 is 12.5 Å². The zero-order chi connectivity index (χ0) is 17.8. The Morgan fingerprint density at radius 2 is 1.88 bits per heavy atom. The van der Waals surface area contributed by atoms with Crippen LogP contribution >= 0.6 is 11.3 Å². The molecule has 0 saturated heterocycles. The van der Waals surface area contributed by atoms with Gasteiger partial charge in [0, 0.05) is 0 Å². The molecule has 1 amide bonds. The average Bonchev–Trinajstić information content (AvgIpc) is 3.01. The lowest BCUT2D eigenvalue weighted by Crippen LogP contribution is -2.30. The van der Waals surface area contributed by atoms with E-state index in [2.05, 4.69) is 16.4 Å². The molecular weight excluding hydrogens is 338 g/mol. The summed E-state index contributed by atoms with van der Waals surface area (Å²) in [6, 6.07) is 15.2. The molecule has 3 rings (SSSR count). The van der Waals surface area contributed by atoms with Crippen molar-refractivity contribution in [2.24, 2.45) is 0 Å². The maximum atomic E-state index is 11.7. The number of carbonyl (C=O) groups is 2. The van der Waals surface area contributed by atoms with E-state index >= 15 is 0 Å². The number of aliphatic carboxylic acids is 1. The number of carbonyl (C=O) groups excluding carboxylic acids is 1. The van der Waals surface area contributed by atoms with Gasteiger partial charge >= 0.3 is 5.97 Å². The Morgan fingerprint density at radius 3 is 2.56 bits per heavy atom. The molecule has 0 atom stereocenters. The van der Waals surface area contributed by atoms with Crippen molar-refractivity contribution in [3.63, 3.8) is 0 Å². The number of hydrogen-bond donors (Lipinski definition) is 2. The summed E-state index contributed by atoms with van der Waals surface area (Å²) in [4.78, 5) is 26.6. The van der Waals surface area contributed by atoms with Crippen molar-refractivity contribution in [2.75, 3.05) is 6.54 Å². The van der Waals surface area contributed by atoms with Gasteiger partial charge in [-0.2, -0.15) is 5.26 Å². The van der Waals surface area contributed by atoms with Gasteiger partial charge in [-0.25, -0.2) is 4.98 Å². The van der Waals surface area contributed by atoms with Crippen LogP contribution in [0, 0.1) is 11.3 Å². The first-order chi connectivity index (χ1) is 12.0. The Kier molecular flexibility index (Phi) is 4.73. The van der Waals surface area contributed by atoms with Crippen LogP contribution in [0.15, 0.2) is 42.5 Å². The highest BCUT2D eigenvalue weighted by Gasteiger charge is 2.11. The van der Waals surface area contributed by atoms with E-state index in [1.807, 2.05) is 30.3 Å². The molecule has 0 aliphatic carbocycles. The number of nitrogens with one attached hydrogen (secondary N) is 1. The van der Waals surface area contributed by atoms with Crippen LogP contribution in [0.1, 0.15) is 10.6 Å². The minimum atomic E-state index is -1.08. The van der Waals surface area contributed by atoms with Crippen molar-refractivity contribution in [1.29, 1.82) is 5.26 Å². The molecule has 0 bridgehead atoms. The summed E-state index contributed by atoms with van der Waals surface area (Å²) in [7, 11) is 0. The van der Waals surface area contributed by atoms with Gasteiger partial charge in [0.2, 0.25) is 5.91 Å². The smallest absolute Gasteiger partial charge is 0.322 e. The third-order valence-corrected chi connectivity index (χ3v) is 4.55. The molecule has 1 heterocycles. The number of nitriles is 1. The van der Waals surface area contributed by atoms with Gasteiger partial charge in [0.25, 0.3) is 0 Å². The zero-order valence-electron chi connectivity index (χ0n) is 13.0. The molecule has 7 heteroatoms. The van der Waals surface area contributed by atoms with Gasteiger partial charge in [-0.1, -0.05) is 18.2 Å². The monoisotopic (exact) mass is 351 g/mol. The van der Waals surface area contributed by atoms with E-state index in [1.54, 1.807) is 12.1 Å². The first-order valence-electron chi connectivity index (χ1n) is 7.43. The Morgan fingerprint density at radius 1 is 1.16 bits per heavy atom. The summed E-state index contributed by atoms with van der Waals surface area (Å²) >= 11 is 1.40. The third-order valence-electron chi connectivity index (χ3n) is 3.53. The zero-order valence-corrected chi connectivity index (χ0v) is 13.8. The molecule has 6 nitrogen and oxygen atoms in total. The second kappa shape index (κ2) is 7.11. The normalized spacial score (nSPS) is 10.4. The Labute approximate surface area is 147 Å². The fourth-order valence-corrected chi connectivity index (χ4v) is 3.34. The molecule has 0 aliphatic heterocycles. The van der Waals surface area contributed by atoms with Gasteiger partial charge in [-0.3, -0.25) is 9.59 Å². The Bertz CT molecular complexity index is 987. The SMILES string of the molecule is N#Cc1ccc(-c2ccc3nc(CC(=O)NCC(=O)O)sc3c2)cc1. The largest absolute Gasteiger partial charge is 0.480 e. The van der Waals surface area contributed by atoms with E-state index in [0.29, 0.717) is 10.6 Å². The predicted octanol–water partition coefficient (Wildman–Crippen LogP) is 2.58. The van der Waals surface area contributed by atoms with Crippen molar-refractivity contribution >= 4 is 33.4 Å². The number of fused-ring (bicyclic) bond motifs is 1. The van der Waals surface area contributed by atoms with E-state index in [0.717, 1.165) is 21.3 Å². The van der Waals surface area contributed by atoms with Crippen molar-refractivity contribution < 1.29 is 14.7 Å². The van der Waals surface area contributed by atoms with Gasteiger partial charge in [0.1, 0.15) is 11.6 Å². The van der Waals surface area contributed by atoms with Crippen LogP contribution in [-0.2, 0) is 16.0 Å². The lowest BCUT2D eigenvalue weighted by molar-refractivity contribution is -0.137. The number of rotatable bonds is 5. The van der Waals surface area contributed by atoms with Gasteiger partial charge < -0.3 is 10.4 Å². The summed E-state index contributed by atoms with van der Waals surface area (Å²) in [5, 5.41) is 20.4. The molecule has 3 aromatic rings. The summed E-state index contributed by atoms with van der Waals surface area (Å²) < 4.78 is 0.947. The molecule has 0 saturated carbocycles. The molecule has 1 aromatic heterocycles. The minimum absolute atomic E-state index is 0.0544. The minimum Gasteiger partial charge on any atom is -0.480 e. The van der Waals surface area contributed by atoms with Crippen molar-refractivity contribution in [2.45, 2.75) is 6.42 Å². The first-order valence-corrected chi connectivity index (χ1v) is 8.25. The number of thiazole rings is 1. The van der Waals surface area contributed by atoms with E-state index in [-0.39, 0.29) is 12.3 Å². The lowest BCUT2D eigenvalue weighted by Gasteiger charge is -2.01. The highest BCUT2D eigenvalue weighted by molar-refractivity contribution is 7.18. The van der Waals surface area contributed by atoms with Crippen LogP contribution in [0.3, 0.4) is 0 Å². The van der Waals surface area contributed by atoms with Crippen LogP contribution in [-0.4, -0.2) is 28.5 Å². The van der Waals surface area contributed by atoms with Crippen LogP contribution in [0.4, 0.5) is 0 Å². The number of amides is 1. The standard InChI is InChI=1S/C18H13N3O3S/c19-9-11-1-3-12(4-2-11)13-5-6-14-15(7-13)25-17(21-14)8-16(22)20-10-18(23)24/h1-7H,8,10H2,(H,20,22)(H,23,24). The number of hydrogen-bond acceptors (Lipinski definition) is 5. The van der Waals surface area contributed by atoms with Crippen LogP contribution in [0.25, 0.3) is 21.3 Å². The van der Waals surface area contributed by atoms with E-state index in [4.69, 9.17) is 10.4 Å². The number of carboxylic acid groups (broad SMARTS) is 1. The van der Waals surface area contributed by atoms with Gasteiger partial charge in [-0.05, 0) is 35.4 Å². The molecule has 0 radical (unpaired) electrons. The molecule has 2 N–H and O–H groups in total. The van der Waals surface area contributed by atoms with Crippen LogP contribution in [0.5, 0.6) is 0 Å². The number of aromatic nitrogens is 1. The maximum absolute atomic E-state index is 11.7. The van der Waals surface area contributed by atoms with Crippen LogP contribution in [0.2, 0.25) is 0 Å². The summed E-state index contributed by atoms with van der Waals surface area (Å²) in [6.45, 7) is -0.396.